The van der Waals surface area contributed by atoms with Crippen LogP contribution in [0.1, 0.15) is 26.2 Å². The first-order chi connectivity index (χ1) is 5.74. The lowest BCUT2D eigenvalue weighted by Crippen LogP contribution is -2.12. The van der Waals surface area contributed by atoms with Gasteiger partial charge in [0.05, 0.1) is 0 Å². The molecule has 1 aliphatic carbocycles. The van der Waals surface area contributed by atoms with Crippen molar-refractivity contribution in [1.82, 2.24) is 0 Å². The number of ether oxygens (including phenoxy) is 1. The Morgan fingerprint density at radius 1 is 1.75 bits per heavy atom. The van der Waals surface area contributed by atoms with E-state index < -0.39 is 0 Å². The molecule has 2 atom stereocenters. The molecule has 12 heavy (non-hydrogen) atoms. The fraction of sp³-hybridized carbons (Fsp3) is 0.800. The molecule has 0 aromatic heterocycles. The molecule has 0 aromatic carbocycles. The van der Waals surface area contributed by atoms with Crippen LogP contribution in [-0.4, -0.2) is 19.8 Å². The van der Waals surface area contributed by atoms with Gasteiger partial charge < -0.3 is 10.5 Å². The highest BCUT2D eigenvalue weighted by Crippen LogP contribution is 2.26. The molecule has 0 heterocycles. The smallest absolute Gasteiger partial charge is 0.0467 e. The molecule has 2 heteroatoms. The van der Waals surface area contributed by atoms with E-state index in [1.165, 1.54) is 12.0 Å². The summed E-state index contributed by atoms with van der Waals surface area (Å²) in [5, 5.41) is 0. The molecule has 0 aliphatic heterocycles. The van der Waals surface area contributed by atoms with Crippen molar-refractivity contribution in [2.45, 2.75) is 32.2 Å². The fourth-order valence-corrected chi connectivity index (χ4v) is 1.67. The first-order valence-corrected chi connectivity index (χ1v) is 4.69. The molecule has 0 spiro atoms. The predicted octanol–water partition coefficient (Wildman–Crippen LogP) is 1.71. The second-order valence-electron chi connectivity index (χ2n) is 3.63. The van der Waals surface area contributed by atoms with E-state index in [1.54, 1.807) is 7.11 Å². The summed E-state index contributed by atoms with van der Waals surface area (Å²) in [6, 6.07) is 0.310. The van der Waals surface area contributed by atoms with Crippen LogP contribution in [0.25, 0.3) is 0 Å². The van der Waals surface area contributed by atoms with Gasteiger partial charge in [0.1, 0.15) is 0 Å². The van der Waals surface area contributed by atoms with Crippen LogP contribution >= 0.6 is 0 Å². The Morgan fingerprint density at radius 3 is 3.00 bits per heavy atom. The number of hydrogen-bond donors (Lipinski definition) is 1. The van der Waals surface area contributed by atoms with E-state index in [0.717, 1.165) is 19.4 Å². The maximum Gasteiger partial charge on any atom is 0.0467 e. The van der Waals surface area contributed by atoms with Crippen LogP contribution in [0, 0.1) is 5.92 Å². The topological polar surface area (TPSA) is 35.2 Å². The van der Waals surface area contributed by atoms with Crippen molar-refractivity contribution >= 4 is 0 Å². The largest absolute Gasteiger partial charge is 0.385 e. The quantitative estimate of drug-likeness (QED) is 0.650. The fourth-order valence-electron chi connectivity index (χ4n) is 1.67. The molecule has 2 unspecified atom stereocenters. The highest BCUT2D eigenvalue weighted by molar-refractivity contribution is 5.15. The number of nitrogens with two attached hydrogens (primary N) is 1. The summed E-state index contributed by atoms with van der Waals surface area (Å²) in [4.78, 5) is 0. The van der Waals surface area contributed by atoms with Crippen molar-refractivity contribution in [3.8, 4) is 0 Å². The monoisotopic (exact) mass is 169 g/mol. The molecule has 0 saturated carbocycles. The molecule has 0 saturated heterocycles. The van der Waals surface area contributed by atoms with Gasteiger partial charge in [-0.2, -0.15) is 0 Å². The molecule has 2 N–H and O–H groups in total. The second-order valence-corrected chi connectivity index (χ2v) is 3.63. The van der Waals surface area contributed by atoms with E-state index in [0.29, 0.717) is 12.0 Å². The van der Waals surface area contributed by atoms with E-state index in [9.17, 15) is 0 Å². The molecular formula is C10H19NO. The minimum absolute atomic E-state index is 0.310. The minimum Gasteiger partial charge on any atom is -0.385 e. The maximum atomic E-state index is 5.78. The molecule has 0 aromatic rings. The molecule has 0 bridgehead atoms. The lowest BCUT2D eigenvalue weighted by atomic mass is 9.98. The van der Waals surface area contributed by atoms with E-state index in [-0.39, 0.29) is 0 Å². The molecule has 0 amide bonds. The number of rotatable bonds is 4. The van der Waals surface area contributed by atoms with Gasteiger partial charge in [-0.05, 0) is 25.2 Å². The zero-order chi connectivity index (χ0) is 8.97. The van der Waals surface area contributed by atoms with Gasteiger partial charge >= 0.3 is 0 Å². The Bertz CT molecular complexity index is 165. The van der Waals surface area contributed by atoms with Crippen molar-refractivity contribution in [1.29, 1.82) is 0 Å². The Balaban J connectivity index is 2.32. The van der Waals surface area contributed by atoms with Gasteiger partial charge in [0.25, 0.3) is 0 Å². The maximum absolute atomic E-state index is 5.78. The molecule has 2 nitrogen and oxygen atoms in total. The van der Waals surface area contributed by atoms with E-state index in [2.05, 4.69) is 13.0 Å². The number of hydrogen-bond acceptors (Lipinski definition) is 2. The van der Waals surface area contributed by atoms with Gasteiger partial charge in [0, 0.05) is 19.8 Å². The molecule has 0 fully saturated rings. The van der Waals surface area contributed by atoms with E-state index in [4.69, 9.17) is 10.5 Å². The summed E-state index contributed by atoms with van der Waals surface area (Å²) in [6.45, 7) is 3.11. The Hall–Kier alpha value is -0.340. The first kappa shape index (κ1) is 9.75. The third-order valence-corrected chi connectivity index (χ3v) is 2.58. The van der Waals surface area contributed by atoms with Crippen LogP contribution in [-0.2, 0) is 4.74 Å². The minimum atomic E-state index is 0.310. The van der Waals surface area contributed by atoms with Crippen molar-refractivity contribution in [3.63, 3.8) is 0 Å². The Morgan fingerprint density at radius 2 is 2.50 bits per heavy atom. The van der Waals surface area contributed by atoms with Crippen molar-refractivity contribution in [2.24, 2.45) is 11.7 Å². The predicted molar refractivity (Wildman–Crippen MR) is 50.9 cm³/mol. The van der Waals surface area contributed by atoms with Crippen molar-refractivity contribution in [2.75, 3.05) is 13.7 Å². The average molecular weight is 169 g/mol. The summed E-state index contributed by atoms with van der Waals surface area (Å²) in [6.07, 6.45) is 5.66. The highest BCUT2D eigenvalue weighted by Gasteiger charge is 2.16. The zero-order valence-electron chi connectivity index (χ0n) is 8.05. The lowest BCUT2D eigenvalue weighted by Gasteiger charge is -2.11. The standard InChI is InChI=1S/C10H19NO/c1-8(5-6-12-2)9-3-4-10(11)7-9/h7-8,10H,3-6,11H2,1-2H3. The molecular weight excluding hydrogens is 150 g/mol. The van der Waals surface area contributed by atoms with Crippen LogP contribution in [0.4, 0.5) is 0 Å². The van der Waals surface area contributed by atoms with Crippen LogP contribution in [0.3, 0.4) is 0 Å². The second kappa shape index (κ2) is 4.63. The number of allylic oxidation sites excluding steroid dienone is 1. The van der Waals surface area contributed by atoms with Gasteiger partial charge in [-0.1, -0.05) is 18.6 Å². The van der Waals surface area contributed by atoms with Gasteiger partial charge in [-0.15, -0.1) is 0 Å². The SMILES string of the molecule is COCCC(C)C1=CC(N)CC1. The van der Waals surface area contributed by atoms with Gasteiger partial charge in [-0.3, -0.25) is 0 Å². The van der Waals surface area contributed by atoms with Crippen LogP contribution < -0.4 is 5.73 Å². The molecule has 1 rings (SSSR count). The van der Waals surface area contributed by atoms with Crippen molar-refractivity contribution < 1.29 is 4.74 Å². The zero-order valence-corrected chi connectivity index (χ0v) is 8.05. The summed E-state index contributed by atoms with van der Waals surface area (Å²) in [7, 11) is 1.75. The van der Waals surface area contributed by atoms with Gasteiger partial charge in [-0.25, -0.2) is 0 Å². The lowest BCUT2D eigenvalue weighted by molar-refractivity contribution is 0.184. The Kier molecular flexibility index (Phi) is 3.76. The Labute approximate surface area is 74.8 Å². The normalized spacial score (nSPS) is 25.6. The third kappa shape index (κ3) is 2.61. The average Bonchev–Trinajstić information content (AvgIpc) is 2.47. The van der Waals surface area contributed by atoms with E-state index in [1.807, 2.05) is 0 Å². The number of methoxy groups -OCH3 is 1. The molecule has 0 radical (unpaired) electrons. The molecule has 70 valence electrons. The highest BCUT2D eigenvalue weighted by atomic mass is 16.5. The summed E-state index contributed by atoms with van der Waals surface area (Å²) < 4.78 is 5.04. The van der Waals surface area contributed by atoms with Gasteiger partial charge in [0.2, 0.25) is 0 Å². The summed E-state index contributed by atoms with van der Waals surface area (Å²) in [5.41, 5.74) is 7.31. The molecule has 1 aliphatic rings. The van der Waals surface area contributed by atoms with Crippen LogP contribution in [0.2, 0.25) is 0 Å². The first-order valence-electron chi connectivity index (χ1n) is 4.69. The van der Waals surface area contributed by atoms with Crippen molar-refractivity contribution in [3.05, 3.63) is 11.6 Å². The van der Waals surface area contributed by atoms with Gasteiger partial charge in [0.15, 0.2) is 0 Å². The van der Waals surface area contributed by atoms with Crippen LogP contribution in [0.15, 0.2) is 11.6 Å². The summed E-state index contributed by atoms with van der Waals surface area (Å²) >= 11 is 0. The summed E-state index contributed by atoms with van der Waals surface area (Å²) in [5.74, 6) is 0.651. The third-order valence-electron chi connectivity index (χ3n) is 2.58. The van der Waals surface area contributed by atoms with Crippen LogP contribution in [0.5, 0.6) is 0 Å². The van der Waals surface area contributed by atoms with E-state index >= 15 is 0 Å².